The average Bonchev–Trinajstić information content (AvgIpc) is 3.28. The van der Waals surface area contributed by atoms with E-state index in [1.807, 2.05) is 52.7 Å². The first-order valence-electron chi connectivity index (χ1n) is 10.7. The van der Waals surface area contributed by atoms with Crippen molar-refractivity contribution in [2.24, 2.45) is 5.92 Å². The molecule has 4 aromatic rings. The lowest BCUT2D eigenvalue weighted by molar-refractivity contribution is -0.125. The van der Waals surface area contributed by atoms with Crippen molar-refractivity contribution >= 4 is 33.4 Å². The Morgan fingerprint density at radius 3 is 2.91 bits per heavy atom. The van der Waals surface area contributed by atoms with Gasteiger partial charge >= 0.3 is 0 Å². The van der Waals surface area contributed by atoms with Gasteiger partial charge in [0.2, 0.25) is 11.9 Å². The van der Waals surface area contributed by atoms with Gasteiger partial charge in [0.25, 0.3) is 5.56 Å². The standard InChI is InChI=1S/C24H23N5O2S/c30-22(26-13-16-6-4-10-25-12-16)18-9-5-11-29(14-18)24-27-20-19(17-7-2-1-3-8-17)15-32-21(20)23(31)28-24/h1-4,6-8,10,12,15,18H,5,9,11,13-14H2,(H,26,30)(H,27,28,31). The minimum absolute atomic E-state index is 0.0162. The predicted molar refractivity (Wildman–Crippen MR) is 127 cm³/mol. The molecule has 162 valence electrons. The first kappa shape index (κ1) is 20.4. The van der Waals surface area contributed by atoms with Crippen molar-refractivity contribution in [2.75, 3.05) is 18.0 Å². The third kappa shape index (κ3) is 4.13. The van der Waals surface area contributed by atoms with Gasteiger partial charge in [-0.25, -0.2) is 4.98 Å². The Morgan fingerprint density at radius 1 is 1.22 bits per heavy atom. The Morgan fingerprint density at radius 2 is 2.09 bits per heavy atom. The van der Waals surface area contributed by atoms with Gasteiger partial charge in [-0.3, -0.25) is 19.6 Å². The average molecular weight is 446 g/mol. The zero-order chi connectivity index (χ0) is 21.9. The van der Waals surface area contributed by atoms with Crippen LogP contribution in [0.4, 0.5) is 5.95 Å². The number of amides is 1. The van der Waals surface area contributed by atoms with E-state index in [0.29, 0.717) is 29.3 Å². The number of carbonyl (C=O) groups is 1. The number of carbonyl (C=O) groups excluding carboxylic acids is 1. The molecule has 7 nitrogen and oxygen atoms in total. The maximum atomic E-state index is 12.8. The number of benzene rings is 1. The number of hydrogen-bond donors (Lipinski definition) is 2. The zero-order valence-electron chi connectivity index (χ0n) is 17.5. The van der Waals surface area contributed by atoms with Gasteiger partial charge in [0, 0.05) is 43.0 Å². The van der Waals surface area contributed by atoms with Crippen molar-refractivity contribution in [3.63, 3.8) is 0 Å². The molecule has 1 aliphatic heterocycles. The van der Waals surface area contributed by atoms with Gasteiger partial charge in [-0.2, -0.15) is 0 Å². The number of aromatic amines is 1. The van der Waals surface area contributed by atoms with E-state index in [0.717, 1.165) is 36.1 Å². The fourth-order valence-electron chi connectivity index (χ4n) is 4.11. The second-order valence-electron chi connectivity index (χ2n) is 7.95. The largest absolute Gasteiger partial charge is 0.352 e. The summed E-state index contributed by atoms with van der Waals surface area (Å²) in [6.07, 6.45) is 5.14. The van der Waals surface area contributed by atoms with Crippen LogP contribution in [0.1, 0.15) is 18.4 Å². The molecule has 1 amide bonds. The Balaban J connectivity index is 1.36. The number of nitrogens with zero attached hydrogens (tertiary/aromatic N) is 3. The third-order valence-electron chi connectivity index (χ3n) is 5.78. The van der Waals surface area contributed by atoms with Gasteiger partial charge in [-0.15, -0.1) is 11.3 Å². The summed E-state index contributed by atoms with van der Waals surface area (Å²) in [4.78, 5) is 39.4. The van der Waals surface area contributed by atoms with E-state index in [-0.39, 0.29) is 17.4 Å². The molecule has 1 atom stereocenters. The first-order chi connectivity index (χ1) is 15.7. The molecule has 1 unspecified atom stereocenters. The van der Waals surface area contributed by atoms with Crippen molar-refractivity contribution in [3.8, 4) is 11.1 Å². The van der Waals surface area contributed by atoms with E-state index < -0.39 is 0 Å². The zero-order valence-corrected chi connectivity index (χ0v) is 18.3. The molecular weight excluding hydrogens is 422 g/mol. The van der Waals surface area contributed by atoms with E-state index in [2.05, 4.69) is 15.3 Å². The van der Waals surface area contributed by atoms with E-state index in [1.165, 1.54) is 11.3 Å². The lowest BCUT2D eigenvalue weighted by atomic mass is 9.97. The fraction of sp³-hybridized carbons (Fsp3) is 0.250. The number of fused-ring (bicyclic) bond motifs is 1. The highest BCUT2D eigenvalue weighted by atomic mass is 32.1. The quantitative estimate of drug-likeness (QED) is 0.490. The minimum atomic E-state index is -0.155. The smallest absolute Gasteiger partial charge is 0.270 e. The molecule has 1 saturated heterocycles. The molecular formula is C24H23N5O2S. The summed E-state index contributed by atoms with van der Waals surface area (Å²) < 4.78 is 0.621. The molecule has 0 aliphatic carbocycles. The van der Waals surface area contributed by atoms with E-state index in [9.17, 15) is 9.59 Å². The van der Waals surface area contributed by atoms with Gasteiger partial charge in [0.15, 0.2) is 0 Å². The second-order valence-corrected chi connectivity index (χ2v) is 8.83. The molecule has 3 aromatic heterocycles. The summed E-state index contributed by atoms with van der Waals surface area (Å²) in [5, 5.41) is 4.99. The topological polar surface area (TPSA) is 91.0 Å². The molecule has 5 rings (SSSR count). The van der Waals surface area contributed by atoms with Gasteiger partial charge in [0.1, 0.15) is 4.70 Å². The monoisotopic (exact) mass is 445 g/mol. The highest BCUT2D eigenvalue weighted by molar-refractivity contribution is 7.17. The number of pyridine rings is 1. The van der Waals surface area contributed by atoms with Crippen molar-refractivity contribution < 1.29 is 4.79 Å². The van der Waals surface area contributed by atoms with Crippen molar-refractivity contribution in [3.05, 3.63) is 76.2 Å². The van der Waals surface area contributed by atoms with Crippen LogP contribution in [0.25, 0.3) is 21.3 Å². The fourth-order valence-corrected chi connectivity index (χ4v) is 5.02. The molecule has 8 heteroatoms. The summed E-state index contributed by atoms with van der Waals surface area (Å²) in [6, 6.07) is 13.8. The molecule has 1 aromatic carbocycles. The van der Waals surface area contributed by atoms with Crippen LogP contribution in [0.5, 0.6) is 0 Å². The van der Waals surface area contributed by atoms with Gasteiger partial charge in [-0.05, 0) is 30.0 Å². The minimum Gasteiger partial charge on any atom is -0.352 e. The van der Waals surface area contributed by atoms with E-state index in [4.69, 9.17) is 4.98 Å². The number of rotatable bonds is 5. The Bertz CT molecular complexity index is 1290. The van der Waals surface area contributed by atoms with Crippen LogP contribution < -0.4 is 15.8 Å². The predicted octanol–water partition coefficient (Wildman–Crippen LogP) is 3.58. The molecule has 0 spiro atoms. The summed E-state index contributed by atoms with van der Waals surface area (Å²) in [5.74, 6) is 0.391. The van der Waals surface area contributed by atoms with Crippen LogP contribution in [0.15, 0.2) is 65.0 Å². The highest BCUT2D eigenvalue weighted by Gasteiger charge is 2.27. The highest BCUT2D eigenvalue weighted by Crippen LogP contribution is 2.32. The lowest BCUT2D eigenvalue weighted by Gasteiger charge is -2.32. The summed E-state index contributed by atoms with van der Waals surface area (Å²) in [5.41, 5.74) is 3.54. The van der Waals surface area contributed by atoms with Crippen molar-refractivity contribution in [1.29, 1.82) is 0 Å². The Hall–Kier alpha value is -3.52. The van der Waals surface area contributed by atoms with Gasteiger partial charge in [0.05, 0.1) is 11.4 Å². The van der Waals surface area contributed by atoms with Crippen LogP contribution in [0, 0.1) is 5.92 Å². The van der Waals surface area contributed by atoms with Crippen LogP contribution in [-0.2, 0) is 11.3 Å². The molecule has 32 heavy (non-hydrogen) atoms. The van der Waals surface area contributed by atoms with Crippen molar-refractivity contribution in [1.82, 2.24) is 20.3 Å². The summed E-state index contributed by atoms with van der Waals surface area (Å²) >= 11 is 1.41. The number of thiophene rings is 1. The Kier molecular flexibility index (Phi) is 5.68. The molecule has 1 fully saturated rings. The lowest BCUT2D eigenvalue weighted by Crippen LogP contribution is -2.44. The van der Waals surface area contributed by atoms with Crippen LogP contribution in [0.2, 0.25) is 0 Å². The Labute approximate surface area is 189 Å². The number of nitrogens with one attached hydrogen (secondary N) is 2. The van der Waals surface area contributed by atoms with Crippen LogP contribution in [-0.4, -0.2) is 33.9 Å². The summed E-state index contributed by atoms with van der Waals surface area (Å²) in [7, 11) is 0. The van der Waals surface area contributed by atoms with Crippen LogP contribution >= 0.6 is 11.3 Å². The summed E-state index contributed by atoms with van der Waals surface area (Å²) in [6.45, 7) is 1.74. The number of anilines is 1. The molecule has 4 heterocycles. The molecule has 0 bridgehead atoms. The molecule has 0 saturated carbocycles. The number of hydrogen-bond acceptors (Lipinski definition) is 6. The van der Waals surface area contributed by atoms with E-state index >= 15 is 0 Å². The van der Waals surface area contributed by atoms with E-state index in [1.54, 1.807) is 12.4 Å². The number of piperidine rings is 1. The second kappa shape index (κ2) is 8.92. The van der Waals surface area contributed by atoms with Gasteiger partial charge in [-0.1, -0.05) is 36.4 Å². The van der Waals surface area contributed by atoms with Crippen LogP contribution in [0.3, 0.4) is 0 Å². The van der Waals surface area contributed by atoms with Gasteiger partial charge < -0.3 is 10.2 Å². The SMILES string of the molecule is O=C(NCc1cccnc1)C1CCCN(c2nc3c(-c4ccccc4)csc3c(=O)[nH]2)C1. The third-order valence-corrected chi connectivity index (χ3v) is 6.75. The number of aromatic nitrogens is 3. The number of H-pyrrole nitrogens is 1. The first-order valence-corrected chi connectivity index (χ1v) is 11.6. The molecule has 0 radical (unpaired) electrons. The maximum absolute atomic E-state index is 12.8. The molecule has 1 aliphatic rings. The normalized spacial score (nSPS) is 16.2. The van der Waals surface area contributed by atoms with Crippen molar-refractivity contribution in [2.45, 2.75) is 19.4 Å². The maximum Gasteiger partial charge on any atom is 0.270 e. The molecule has 2 N–H and O–H groups in total.